The Morgan fingerprint density at radius 1 is 1.39 bits per heavy atom. The van der Waals surface area contributed by atoms with Gasteiger partial charge in [0.2, 0.25) is 0 Å². The molecule has 0 bridgehead atoms. The van der Waals surface area contributed by atoms with Gasteiger partial charge >= 0.3 is 0 Å². The molecule has 1 heterocycles. The topological polar surface area (TPSA) is 23.5 Å². The second-order valence-corrected chi connectivity index (χ2v) is 5.28. The maximum absolute atomic E-state index is 9.00. The van der Waals surface area contributed by atoms with Crippen LogP contribution in [0.3, 0.4) is 0 Å². The quantitative estimate of drug-likeness (QED) is 0.908. The molecule has 0 spiro atoms. The lowest BCUT2D eigenvalue weighted by atomic mass is 10.1. The van der Waals surface area contributed by atoms with E-state index in [0.717, 1.165) is 23.5 Å². The molecule has 2 rings (SSSR count). The Morgan fingerprint density at radius 2 is 2.17 bits per heavy atom. The van der Waals surface area contributed by atoms with Crippen molar-refractivity contribution in [1.82, 2.24) is 4.90 Å². The Balaban J connectivity index is 0.00000162. The maximum Gasteiger partial charge on any atom is 0.0558 e. The number of nitrogens with zero attached hydrogens (tertiary/aromatic N) is 1. The molecular weight excluding hydrogens is 289 g/mol. The normalized spacial score (nSPS) is 10.9. The minimum atomic E-state index is 0. The van der Waals surface area contributed by atoms with Crippen LogP contribution in [-0.2, 0) is 6.54 Å². The van der Waals surface area contributed by atoms with Gasteiger partial charge in [-0.05, 0) is 29.6 Å². The van der Waals surface area contributed by atoms with E-state index in [9.17, 15) is 0 Å². The monoisotopic (exact) mass is 305 g/mol. The first kappa shape index (κ1) is 15.7. The molecule has 1 aromatic carbocycles. The standard InChI is InChI=1S/C13H16ClNOS.ClH/c1-2-15(6-7-16)8-10-9-17-12-5-3-4-11(14)13(10)12;/h3-5,9,16H,2,6-8H2,1H3;1H. The number of rotatable bonds is 5. The summed E-state index contributed by atoms with van der Waals surface area (Å²) < 4.78 is 1.23. The molecule has 0 saturated heterocycles. The van der Waals surface area contributed by atoms with Crippen LogP contribution < -0.4 is 0 Å². The highest BCUT2D eigenvalue weighted by molar-refractivity contribution is 7.17. The van der Waals surface area contributed by atoms with E-state index in [1.807, 2.05) is 12.1 Å². The summed E-state index contributed by atoms with van der Waals surface area (Å²) in [5.41, 5.74) is 1.26. The first-order chi connectivity index (χ1) is 8.26. The molecule has 0 aliphatic rings. The summed E-state index contributed by atoms with van der Waals surface area (Å²) in [5.74, 6) is 0. The van der Waals surface area contributed by atoms with Crippen LogP contribution in [0.1, 0.15) is 12.5 Å². The lowest BCUT2D eigenvalue weighted by molar-refractivity contribution is 0.197. The zero-order valence-electron chi connectivity index (χ0n) is 10.2. The number of fused-ring (bicyclic) bond motifs is 1. The Kier molecular flexibility index (Phi) is 6.39. The predicted molar refractivity (Wildman–Crippen MR) is 82.1 cm³/mol. The van der Waals surface area contributed by atoms with Crippen LogP contribution in [-0.4, -0.2) is 29.7 Å². The number of likely N-dealkylation sites (N-methyl/N-ethyl adjacent to an activating group) is 1. The van der Waals surface area contributed by atoms with E-state index in [4.69, 9.17) is 16.7 Å². The molecule has 1 N–H and O–H groups in total. The van der Waals surface area contributed by atoms with Gasteiger partial charge in [-0.15, -0.1) is 23.7 Å². The van der Waals surface area contributed by atoms with Crippen LogP contribution in [0.15, 0.2) is 23.6 Å². The fourth-order valence-corrected chi connectivity index (χ4v) is 3.28. The van der Waals surface area contributed by atoms with E-state index < -0.39 is 0 Å². The lowest BCUT2D eigenvalue weighted by Gasteiger charge is -2.18. The zero-order valence-corrected chi connectivity index (χ0v) is 12.6. The molecule has 0 saturated carbocycles. The van der Waals surface area contributed by atoms with Crippen molar-refractivity contribution in [1.29, 1.82) is 0 Å². The van der Waals surface area contributed by atoms with Crippen molar-refractivity contribution >= 4 is 45.4 Å². The average molecular weight is 306 g/mol. The summed E-state index contributed by atoms with van der Waals surface area (Å²) >= 11 is 7.97. The Morgan fingerprint density at radius 3 is 2.83 bits per heavy atom. The van der Waals surface area contributed by atoms with Crippen molar-refractivity contribution in [2.45, 2.75) is 13.5 Å². The molecule has 2 aromatic rings. The van der Waals surface area contributed by atoms with E-state index in [-0.39, 0.29) is 19.0 Å². The number of aliphatic hydroxyl groups is 1. The van der Waals surface area contributed by atoms with Crippen molar-refractivity contribution in [3.05, 3.63) is 34.2 Å². The smallest absolute Gasteiger partial charge is 0.0558 e. The number of halogens is 2. The van der Waals surface area contributed by atoms with E-state index in [1.54, 1.807) is 11.3 Å². The molecule has 0 aliphatic heterocycles. The van der Waals surface area contributed by atoms with Crippen LogP contribution in [0, 0.1) is 0 Å². The highest BCUT2D eigenvalue weighted by Crippen LogP contribution is 2.32. The molecule has 0 aliphatic carbocycles. The molecule has 2 nitrogen and oxygen atoms in total. The first-order valence-corrected chi connectivity index (χ1v) is 6.99. The van der Waals surface area contributed by atoms with Crippen molar-refractivity contribution in [2.24, 2.45) is 0 Å². The van der Waals surface area contributed by atoms with Gasteiger partial charge < -0.3 is 5.11 Å². The van der Waals surface area contributed by atoms with Gasteiger partial charge in [-0.1, -0.05) is 24.6 Å². The van der Waals surface area contributed by atoms with Gasteiger partial charge in [0.1, 0.15) is 0 Å². The van der Waals surface area contributed by atoms with Gasteiger partial charge in [0.15, 0.2) is 0 Å². The second kappa shape index (κ2) is 7.31. The third kappa shape index (κ3) is 3.37. The summed E-state index contributed by atoms with van der Waals surface area (Å²) in [7, 11) is 0. The average Bonchev–Trinajstić information content (AvgIpc) is 2.73. The molecule has 100 valence electrons. The van der Waals surface area contributed by atoms with Crippen molar-refractivity contribution in [2.75, 3.05) is 19.7 Å². The number of hydrogen-bond donors (Lipinski definition) is 1. The molecule has 0 unspecified atom stereocenters. The van der Waals surface area contributed by atoms with Gasteiger partial charge in [-0.2, -0.15) is 0 Å². The third-order valence-corrected chi connectivity index (χ3v) is 4.19. The minimum absolute atomic E-state index is 0. The molecular formula is C13H17Cl2NOS. The second-order valence-electron chi connectivity index (χ2n) is 3.97. The van der Waals surface area contributed by atoms with Crippen molar-refractivity contribution in [3.8, 4) is 0 Å². The third-order valence-electron chi connectivity index (χ3n) is 2.88. The van der Waals surface area contributed by atoms with Crippen molar-refractivity contribution in [3.63, 3.8) is 0 Å². The SMILES string of the molecule is CCN(CCO)Cc1csc2cccc(Cl)c12.Cl. The maximum atomic E-state index is 9.00. The van der Waals surface area contributed by atoms with Crippen LogP contribution in [0.5, 0.6) is 0 Å². The number of thiophene rings is 1. The van der Waals surface area contributed by atoms with Gasteiger partial charge in [0, 0.05) is 28.2 Å². The van der Waals surface area contributed by atoms with E-state index in [0.29, 0.717) is 6.54 Å². The molecule has 0 fully saturated rings. The highest BCUT2D eigenvalue weighted by atomic mass is 35.5. The summed E-state index contributed by atoms with van der Waals surface area (Å²) in [5, 5.41) is 13.1. The molecule has 1 aromatic heterocycles. The highest BCUT2D eigenvalue weighted by Gasteiger charge is 2.10. The molecule has 0 atom stereocenters. The zero-order chi connectivity index (χ0) is 12.3. The molecule has 18 heavy (non-hydrogen) atoms. The number of benzene rings is 1. The number of hydrogen-bond acceptors (Lipinski definition) is 3. The predicted octanol–water partition coefficient (Wildman–Crippen LogP) is 3.79. The Bertz CT molecular complexity index is 501. The minimum Gasteiger partial charge on any atom is -0.395 e. The Hall–Kier alpha value is -0.320. The van der Waals surface area contributed by atoms with E-state index >= 15 is 0 Å². The van der Waals surface area contributed by atoms with Crippen LogP contribution in [0.25, 0.3) is 10.1 Å². The molecule has 0 radical (unpaired) electrons. The van der Waals surface area contributed by atoms with Gasteiger partial charge in [-0.3, -0.25) is 4.90 Å². The van der Waals surface area contributed by atoms with Gasteiger partial charge in [0.05, 0.1) is 6.61 Å². The summed E-state index contributed by atoms with van der Waals surface area (Å²) in [6.45, 7) is 4.79. The van der Waals surface area contributed by atoms with Crippen LogP contribution in [0.2, 0.25) is 5.02 Å². The van der Waals surface area contributed by atoms with Crippen molar-refractivity contribution < 1.29 is 5.11 Å². The summed E-state index contributed by atoms with van der Waals surface area (Å²) in [6.07, 6.45) is 0. The van der Waals surface area contributed by atoms with Gasteiger partial charge in [-0.25, -0.2) is 0 Å². The fourth-order valence-electron chi connectivity index (χ4n) is 1.96. The Labute approximate surface area is 123 Å². The van der Waals surface area contributed by atoms with Crippen LogP contribution >= 0.6 is 35.3 Å². The summed E-state index contributed by atoms with van der Waals surface area (Å²) in [6, 6.07) is 6.01. The first-order valence-electron chi connectivity index (χ1n) is 5.74. The van der Waals surface area contributed by atoms with Crippen LogP contribution in [0.4, 0.5) is 0 Å². The van der Waals surface area contributed by atoms with E-state index in [1.165, 1.54) is 10.3 Å². The fraction of sp³-hybridized carbons (Fsp3) is 0.385. The van der Waals surface area contributed by atoms with Gasteiger partial charge in [0.25, 0.3) is 0 Å². The largest absolute Gasteiger partial charge is 0.395 e. The van der Waals surface area contributed by atoms with E-state index in [2.05, 4.69) is 23.3 Å². The lowest BCUT2D eigenvalue weighted by Crippen LogP contribution is -2.25. The summed E-state index contributed by atoms with van der Waals surface area (Å²) in [4.78, 5) is 2.21. The molecule has 0 amide bonds. The molecule has 5 heteroatoms. The number of aliphatic hydroxyl groups excluding tert-OH is 1.